The minimum atomic E-state index is 0.435. The summed E-state index contributed by atoms with van der Waals surface area (Å²) in [5.41, 5.74) is 0. The van der Waals surface area contributed by atoms with Gasteiger partial charge in [-0.3, -0.25) is 4.79 Å². The lowest BCUT2D eigenvalue weighted by Gasteiger charge is -1.97. The minimum Gasteiger partial charge on any atom is -0.300 e. The molecule has 0 atom stereocenters. The fraction of sp³-hybridized carbons (Fsp3) is 0.769. The summed E-state index contributed by atoms with van der Waals surface area (Å²) < 4.78 is 0. The maximum atomic E-state index is 11.2. The Morgan fingerprint density at radius 2 is 1.64 bits per heavy atom. The molecule has 0 aliphatic carbocycles. The molecule has 0 aromatic carbocycles. The van der Waals surface area contributed by atoms with Crippen LogP contribution in [0, 0.1) is 0 Å². The van der Waals surface area contributed by atoms with E-state index in [1.807, 2.05) is 0 Å². The van der Waals surface area contributed by atoms with E-state index >= 15 is 0 Å². The van der Waals surface area contributed by atoms with E-state index in [0.29, 0.717) is 5.78 Å². The van der Waals surface area contributed by atoms with Crippen LogP contribution in [0.25, 0.3) is 0 Å². The molecule has 14 heavy (non-hydrogen) atoms. The largest absolute Gasteiger partial charge is 0.300 e. The zero-order valence-electron chi connectivity index (χ0n) is 9.72. The number of rotatable bonds is 9. The molecule has 0 aliphatic rings. The molecule has 82 valence electrons. The Labute approximate surface area is 88.6 Å². The second-order valence-electron chi connectivity index (χ2n) is 3.79. The van der Waals surface area contributed by atoms with E-state index in [1.165, 1.54) is 12.8 Å². The third-order valence-electron chi connectivity index (χ3n) is 2.23. The summed E-state index contributed by atoms with van der Waals surface area (Å²) in [4.78, 5) is 11.2. The highest BCUT2D eigenvalue weighted by Crippen LogP contribution is 2.04. The van der Waals surface area contributed by atoms with Crippen molar-refractivity contribution in [2.24, 2.45) is 0 Å². The number of unbranched alkanes of at least 4 members (excludes halogenated alkanes) is 3. The van der Waals surface area contributed by atoms with E-state index in [2.05, 4.69) is 26.0 Å². The Kier molecular flexibility index (Phi) is 10.0. The highest BCUT2D eigenvalue weighted by Gasteiger charge is 1.98. The molecule has 0 saturated heterocycles. The minimum absolute atomic E-state index is 0.435. The van der Waals surface area contributed by atoms with Gasteiger partial charge in [-0.25, -0.2) is 0 Å². The van der Waals surface area contributed by atoms with Gasteiger partial charge in [0.25, 0.3) is 0 Å². The van der Waals surface area contributed by atoms with Crippen molar-refractivity contribution in [3.05, 3.63) is 12.2 Å². The van der Waals surface area contributed by atoms with E-state index in [4.69, 9.17) is 0 Å². The Morgan fingerprint density at radius 3 is 2.29 bits per heavy atom. The highest BCUT2D eigenvalue weighted by molar-refractivity contribution is 5.78. The molecule has 0 fully saturated rings. The zero-order valence-corrected chi connectivity index (χ0v) is 9.72. The molecule has 1 heteroatoms. The predicted molar refractivity (Wildman–Crippen MR) is 62.4 cm³/mol. The average Bonchev–Trinajstić information content (AvgIpc) is 2.17. The van der Waals surface area contributed by atoms with Gasteiger partial charge in [-0.15, -0.1) is 0 Å². The van der Waals surface area contributed by atoms with E-state index in [-0.39, 0.29) is 0 Å². The molecule has 0 bridgehead atoms. The van der Waals surface area contributed by atoms with Gasteiger partial charge in [0.2, 0.25) is 0 Å². The van der Waals surface area contributed by atoms with Crippen molar-refractivity contribution in [1.82, 2.24) is 0 Å². The zero-order chi connectivity index (χ0) is 10.6. The number of carbonyl (C=O) groups is 1. The molecule has 0 heterocycles. The average molecular weight is 196 g/mol. The van der Waals surface area contributed by atoms with Crippen LogP contribution in [0.1, 0.15) is 65.2 Å². The molecule has 0 aliphatic heterocycles. The molecule has 0 N–H and O–H groups in total. The van der Waals surface area contributed by atoms with Crippen molar-refractivity contribution < 1.29 is 4.79 Å². The van der Waals surface area contributed by atoms with Crippen molar-refractivity contribution in [3.8, 4) is 0 Å². The number of carbonyl (C=O) groups excluding carboxylic acids is 1. The standard InChI is InChI=1S/C13H24O/c1-3-5-6-7-8-9-10-12-13(14)11-4-2/h6-7H,3-5,8-12H2,1-2H3. The van der Waals surface area contributed by atoms with Crippen LogP contribution in [0.15, 0.2) is 12.2 Å². The third kappa shape index (κ3) is 9.50. The summed E-state index contributed by atoms with van der Waals surface area (Å²) in [7, 11) is 0. The van der Waals surface area contributed by atoms with Gasteiger partial charge in [0.05, 0.1) is 0 Å². The van der Waals surface area contributed by atoms with Crippen LogP contribution in [-0.2, 0) is 4.79 Å². The van der Waals surface area contributed by atoms with Gasteiger partial charge in [0, 0.05) is 12.8 Å². The molecular weight excluding hydrogens is 172 g/mol. The number of hydrogen-bond acceptors (Lipinski definition) is 1. The molecule has 0 saturated carbocycles. The van der Waals surface area contributed by atoms with Crippen LogP contribution in [0.3, 0.4) is 0 Å². The van der Waals surface area contributed by atoms with Gasteiger partial charge in [-0.2, -0.15) is 0 Å². The fourth-order valence-corrected chi connectivity index (χ4v) is 1.39. The molecular formula is C13H24O. The normalized spacial score (nSPS) is 11.0. The molecule has 0 aromatic rings. The van der Waals surface area contributed by atoms with Gasteiger partial charge < -0.3 is 0 Å². The van der Waals surface area contributed by atoms with Crippen LogP contribution >= 0.6 is 0 Å². The lowest BCUT2D eigenvalue weighted by Crippen LogP contribution is -1.95. The van der Waals surface area contributed by atoms with Crippen molar-refractivity contribution in [1.29, 1.82) is 0 Å². The van der Waals surface area contributed by atoms with Crippen LogP contribution in [0.2, 0.25) is 0 Å². The van der Waals surface area contributed by atoms with Gasteiger partial charge >= 0.3 is 0 Å². The molecule has 0 amide bonds. The van der Waals surface area contributed by atoms with E-state index in [0.717, 1.165) is 38.5 Å². The summed E-state index contributed by atoms with van der Waals surface area (Å²) >= 11 is 0. The van der Waals surface area contributed by atoms with Gasteiger partial charge in [0.15, 0.2) is 0 Å². The topological polar surface area (TPSA) is 17.1 Å². The molecule has 0 spiro atoms. The van der Waals surface area contributed by atoms with Gasteiger partial charge in [-0.1, -0.05) is 32.4 Å². The van der Waals surface area contributed by atoms with Crippen molar-refractivity contribution in [2.75, 3.05) is 0 Å². The maximum Gasteiger partial charge on any atom is 0.132 e. The van der Waals surface area contributed by atoms with Crippen LogP contribution < -0.4 is 0 Å². The summed E-state index contributed by atoms with van der Waals surface area (Å²) in [5.74, 6) is 0.435. The first-order valence-electron chi connectivity index (χ1n) is 5.98. The highest BCUT2D eigenvalue weighted by atomic mass is 16.1. The van der Waals surface area contributed by atoms with Crippen LogP contribution in [0.4, 0.5) is 0 Å². The first kappa shape index (κ1) is 13.4. The smallest absolute Gasteiger partial charge is 0.132 e. The maximum absolute atomic E-state index is 11.2. The van der Waals surface area contributed by atoms with Crippen molar-refractivity contribution in [3.63, 3.8) is 0 Å². The Bertz CT molecular complexity index is 159. The summed E-state index contributed by atoms with van der Waals surface area (Å²) in [6.45, 7) is 4.25. The molecule has 1 nitrogen and oxygen atoms in total. The summed E-state index contributed by atoms with van der Waals surface area (Å²) in [6, 6.07) is 0. The lowest BCUT2D eigenvalue weighted by molar-refractivity contribution is -0.119. The van der Waals surface area contributed by atoms with Crippen LogP contribution in [0.5, 0.6) is 0 Å². The van der Waals surface area contributed by atoms with Crippen molar-refractivity contribution >= 4 is 5.78 Å². The second-order valence-corrected chi connectivity index (χ2v) is 3.79. The van der Waals surface area contributed by atoms with Crippen molar-refractivity contribution in [2.45, 2.75) is 65.2 Å². The number of allylic oxidation sites excluding steroid dienone is 2. The lowest BCUT2D eigenvalue weighted by atomic mass is 10.1. The Hall–Kier alpha value is -0.590. The number of hydrogen-bond donors (Lipinski definition) is 0. The van der Waals surface area contributed by atoms with E-state index in [9.17, 15) is 4.79 Å². The summed E-state index contributed by atoms with van der Waals surface area (Å²) in [5, 5.41) is 0. The number of ketones is 1. The second kappa shape index (κ2) is 10.5. The fourth-order valence-electron chi connectivity index (χ4n) is 1.39. The monoisotopic (exact) mass is 196 g/mol. The quantitative estimate of drug-likeness (QED) is 0.397. The first-order valence-corrected chi connectivity index (χ1v) is 5.98. The molecule has 0 aromatic heterocycles. The Balaban J connectivity index is 3.16. The molecule has 0 rings (SSSR count). The van der Waals surface area contributed by atoms with E-state index in [1.54, 1.807) is 0 Å². The number of Topliss-reactive ketones (excluding diaryl/α,β-unsaturated/α-hetero) is 1. The molecule has 0 unspecified atom stereocenters. The molecule has 0 radical (unpaired) electrons. The Morgan fingerprint density at radius 1 is 0.929 bits per heavy atom. The van der Waals surface area contributed by atoms with E-state index < -0.39 is 0 Å². The summed E-state index contributed by atoms with van der Waals surface area (Å²) in [6.07, 6.45) is 12.8. The van der Waals surface area contributed by atoms with Gasteiger partial charge in [0.1, 0.15) is 5.78 Å². The first-order chi connectivity index (χ1) is 6.81. The SMILES string of the molecule is CCCC=CCCCCC(=O)CCC. The predicted octanol–water partition coefficient (Wildman–Crippen LogP) is 4.27. The van der Waals surface area contributed by atoms with Crippen LogP contribution in [-0.4, -0.2) is 5.78 Å². The third-order valence-corrected chi connectivity index (χ3v) is 2.23. The van der Waals surface area contributed by atoms with Gasteiger partial charge in [-0.05, 0) is 32.1 Å².